The van der Waals surface area contributed by atoms with Gasteiger partial charge in [0.2, 0.25) is 5.91 Å². The smallest absolute Gasteiger partial charge is 0.408 e. The summed E-state index contributed by atoms with van der Waals surface area (Å²) in [5.74, 6) is -1.78. The third-order valence-electron chi connectivity index (χ3n) is 5.05. The largest absolute Gasteiger partial charge is 0.480 e. The van der Waals surface area contributed by atoms with Gasteiger partial charge < -0.3 is 20.5 Å². The summed E-state index contributed by atoms with van der Waals surface area (Å²) in [4.78, 5) is 37.4. The number of carbonyl (C=O) groups is 3. The Morgan fingerprint density at radius 1 is 0.765 bits per heavy atom. The summed E-state index contributed by atoms with van der Waals surface area (Å²) >= 11 is 3.36. The van der Waals surface area contributed by atoms with Crippen molar-refractivity contribution < 1.29 is 24.2 Å². The van der Waals surface area contributed by atoms with E-state index < -0.39 is 30.1 Å². The van der Waals surface area contributed by atoms with E-state index in [4.69, 9.17) is 4.74 Å². The maximum atomic E-state index is 13.1. The first-order valence-corrected chi connectivity index (χ1v) is 11.5. The lowest BCUT2D eigenvalue weighted by molar-refractivity contribution is -0.142. The summed E-state index contributed by atoms with van der Waals surface area (Å²) < 4.78 is 6.07. The van der Waals surface area contributed by atoms with E-state index in [-0.39, 0.29) is 19.4 Å². The van der Waals surface area contributed by atoms with Crippen molar-refractivity contribution in [3.63, 3.8) is 0 Å². The predicted octanol–water partition coefficient (Wildman–Crippen LogP) is 4.10. The van der Waals surface area contributed by atoms with Crippen LogP contribution in [0, 0.1) is 0 Å². The van der Waals surface area contributed by atoms with Crippen LogP contribution in [0.15, 0.2) is 89.4 Å². The second-order valence-electron chi connectivity index (χ2n) is 7.68. The highest BCUT2D eigenvalue weighted by Gasteiger charge is 2.27. The van der Waals surface area contributed by atoms with Crippen LogP contribution >= 0.6 is 15.9 Å². The number of hydrogen-bond donors (Lipinski definition) is 3. The van der Waals surface area contributed by atoms with Gasteiger partial charge in [-0.2, -0.15) is 0 Å². The number of carboxylic acid groups (broad SMARTS) is 1. The van der Waals surface area contributed by atoms with Crippen LogP contribution in [0.1, 0.15) is 16.7 Å². The van der Waals surface area contributed by atoms with Crippen molar-refractivity contribution in [2.45, 2.75) is 31.5 Å². The number of benzene rings is 3. The van der Waals surface area contributed by atoms with Gasteiger partial charge in [0, 0.05) is 17.3 Å². The summed E-state index contributed by atoms with van der Waals surface area (Å²) in [6.45, 7) is 0.0486. The molecule has 3 rings (SSSR count). The van der Waals surface area contributed by atoms with E-state index in [1.54, 1.807) is 18.2 Å². The molecule has 3 aromatic carbocycles. The zero-order valence-electron chi connectivity index (χ0n) is 18.3. The van der Waals surface area contributed by atoms with Crippen LogP contribution in [-0.2, 0) is 33.8 Å². The number of rotatable bonds is 10. The summed E-state index contributed by atoms with van der Waals surface area (Å²) in [6.07, 6.45) is -0.494. The van der Waals surface area contributed by atoms with Gasteiger partial charge in [-0.05, 0) is 28.8 Å². The van der Waals surface area contributed by atoms with E-state index in [0.717, 1.165) is 21.2 Å². The molecule has 0 heterocycles. The van der Waals surface area contributed by atoms with E-state index in [1.807, 2.05) is 66.7 Å². The Kier molecular flexibility index (Phi) is 9.22. The lowest BCUT2D eigenvalue weighted by atomic mass is 10.0. The Morgan fingerprint density at radius 2 is 1.35 bits per heavy atom. The van der Waals surface area contributed by atoms with Gasteiger partial charge in [0.05, 0.1) is 0 Å². The molecular formula is C26H25BrN2O5. The molecule has 3 N–H and O–H groups in total. The molecule has 0 aliphatic carbocycles. The average Bonchev–Trinajstić information content (AvgIpc) is 2.83. The predicted molar refractivity (Wildman–Crippen MR) is 131 cm³/mol. The van der Waals surface area contributed by atoms with Gasteiger partial charge in [-0.1, -0.05) is 88.7 Å². The highest BCUT2D eigenvalue weighted by Crippen LogP contribution is 2.14. The van der Waals surface area contributed by atoms with Crippen molar-refractivity contribution in [1.29, 1.82) is 0 Å². The van der Waals surface area contributed by atoms with Gasteiger partial charge in [-0.15, -0.1) is 0 Å². The van der Waals surface area contributed by atoms with E-state index in [1.165, 1.54) is 0 Å². The molecule has 0 saturated carbocycles. The Labute approximate surface area is 206 Å². The summed E-state index contributed by atoms with van der Waals surface area (Å²) in [5.41, 5.74) is 2.36. The van der Waals surface area contributed by atoms with Gasteiger partial charge in [0.1, 0.15) is 18.7 Å². The molecule has 0 aliphatic rings. The summed E-state index contributed by atoms with van der Waals surface area (Å²) in [7, 11) is 0. The van der Waals surface area contributed by atoms with Crippen molar-refractivity contribution in [3.8, 4) is 0 Å². The minimum Gasteiger partial charge on any atom is -0.480 e. The molecule has 7 nitrogen and oxygen atoms in total. The maximum absolute atomic E-state index is 13.1. The third kappa shape index (κ3) is 8.04. The van der Waals surface area contributed by atoms with Gasteiger partial charge >= 0.3 is 12.1 Å². The number of carboxylic acids is 1. The first kappa shape index (κ1) is 25.0. The number of hydrogen-bond acceptors (Lipinski definition) is 4. The number of ether oxygens (including phenoxy) is 1. The molecule has 0 spiro atoms. The van der Waals surface area contributed by atoms with Crippen LogP contribution in [-0.4, -0.2) is 35.2 Å². The van der Waals surface area contributed by atoms with Crippen molar-refractivity contribution in [2.24, 2.45) is 0 Å². The highest BCUT2D eigenvalue weighted by molar-refractivity contribution is 9.10. The average molecular weight is 525 g/mol. The Morgan fingerprint density at radius 3 is 1.97 bits per heavy atom. The van der Waals surface area contributed by atoms with Crippen LogP contribution in [0.2, 0.25) is 0 Å². The Balaban J connectivity index is 1.69. The number of halogens is 1. The molecule has 176 valence electrons. The van der Waals surface area contributed by atoms with E-state index in [2.05, 4.69) is 26.6 Å². The minimum absolute atomic E-state index is 0.0486. The summed E-state index contributed by atoms with van der Waals surface area (Å²) in [5, 5.41) is 14.8. The normalized spacial score (nSPS) is 12.3. The van der Waals surface area contributed by atoms with Gasteiger partial charge in [-0.25, -0.2) is 9.59 Å². The molecule has 0 radical (unpaired) electrons. The van der Waals surface area contributed by atoms with Crippen molar-refractivity contribution in [2.75, 3.05) is 0 Å². The van der Waals surface area contributed by atoms with E-state index >= 15 is 0 Å². The molecule has 0 aliphatic heterocycles. The SMILES string of the molecule is O=C(N[C@@H](Cc1ccccc1)C(=O)N[C@@H](Cc1cccc(Br)c1)C(=O)O)OCc1ccccc1. The minimum atomic E-state index is -1.17. The lowest BCUT2D eigenvalue weighted by Crippen LogP contribution is -2.53. The number of aliphatic carboxylic acids is 1. The quantitative estimate of drug-likeness (QED) is 0.370. The Hall–Kier alpha value is -3.65. The molecule has 0 saturated heterocycles. The van der Waals surface area contributed by atoms with Gasteiger partial charge in [-0.3, -0.25) is 4.79 Å². The third-order valence-corrected chi connectivity index (χ3v) is 5.54. The Bertz CT molecular complexity index is 1110. The first-order chi connectivity index (χ1) is 16.4. The molecule has 0 unspecified atom stereocenters. The molecule has 2 atom stereocenters. The molecule has 0 bridgehead atoms. The molecule has 0 aromatic heterocycles. The second kappa shape index (κ2) is 12.6. The van der Waals surface area contributed by atoms with Crippen LogP contribution < -0.4 is 10.6 Å². The fraction of sp³-hybridized carbons (Fsp3) is 0.192. The molecule has 2 amide bonds. The molecular weight excluding hydrogens is 500 g/mol. The molecule has 0 fully saturated rings. The van der Waals surface area contributed by atoms with E-state index in [0.29, 0.717) is 0 Å². The van der Waals surface area contributed by atoms with Crippen LogP contribution in [0.4, 0.5) is 4.79 Å². The van der Waals surface area contributed by atoms with Gasteiger partial charge in [0.15, 0.2) is 0 Å². The van der Waals surface area contributed by atoms with Crippen LogP contribution in [0.3, 0.4) is 0 Å². The van der Waals surface area contributed by atoms with E-state index in [9.17, 15) is 19.5 Å². The van der Waals surface area contributed by atoms with Crippen molar-refractivity contribution in [1.82, 2.24) is 10.6 Å². The number of amides is 2. The molecule has 8 heteroatoms. The maximum Gasteiger partial charge on any atom is 0.408 e. The van der Waals surface area contributed by atoms with Crippen LogP contribution in [0.25, 0.3) is 0 Å². The fourth-order valence-electron chi connectivity index (χ4n) is 3.34. The molecule has 3 aromatic rings. The van der Waals surface area contributed by atoms with Crippen LogP contribution in [0.5, 0.6) is 0 Å². The topological polar surface area (TPSA) is 105 Å². The monoisotopic (exact) mass is 524 g/mol. The van der Waals surface area contributed by atoms with Gasteiger partial charge in [0.25, 0.3) is 0 Å². The first-order valence-electron chi connectivity index (χ1n) is 10.7. The fourth-order valence-corrected chi connectivity index (χ4v) is 3.78. The van der Waals surface area contributed by atoms with Crippen molar-refractivity contribution in [3.05, 3.63) is 106 Å². The van der Waals surface area contributed by atoms with Crippen molar-refractivity contribution >= 4 is 33.9 Å². The lowest BCUT2D eigenvalue weighted by Gasteiger charge is -2.21. The molecule has 34 heavy (non-hydrogen) atoms. The highest BCUT2D eigenvalue weighted by atomic mass is 79.9. The number of alkyl carbamates (subject to hydrolysis) is 1. The zero-order chi connectivity index (χ0) is 24.3. The number of carbonyl (C=O) groups excluding carboxylic acids is 2. The summed E-state index contributed by atoms with van der Waals surface area (Å²) in [6, 6.07) is 23.3. The zero-order valence-corrected chi connectivity index (χ0v) is 19.9. The standard InChI is InChI=1S/C26H25BrN2O5/c27-21-13-7-12-20(14-21)16-23(25(31)32)28-24(30)22(15-18-8-3-1-4-9-18)29-26(33)34-17-19-10-5-2-6-11-19/h1-14,22-23H,15-17H2,(H,28,30)(H,29,33)(H,31,32)/t22-,23-/m0/s1. The second-order valence-corrected chi connectivity index (χ2v) is 8.60. The number of nitrogens with one attached hydrogen (secondary N) is 2.